The molecule has 1 aliphatic heterocycles. The van der Waals surface area contributed by atoms with Crippen molar-refractivity contribution < 1.29 is 19.1 Å². The number of hydrogen-bond acceptors (Lipinski definition) is 5. The Morgan fingerprint density at radius 3 is 2.32 bits per heavy atom. The first-order valence-electron chi connectivity index (χ1n) is 10.8. The smallest absolute Gasteiger partial charge is 0.343 e. The molecule has 0 bridgehead atoms. The van der Waals surface area contributed by atoms with Gasteiger partial charge in [0.1, 0.15) is 16.5 Å². The maximum atomic E-state index is 12.8. The summed E-state index contributed by atoms with van der Waals surface area (Å²) in [4.78, 5) is 39.0. The standard InChI is InChI=1S/C27H23ClN2O4/c1-17-8-13-22(18(2)16-17)34-27(33)20-9-11-21(12-10-20)29-24-23(28)25(31)30(26(24)32)15-14-19-6-4-3-5-7-19/h3-13,16,29H,14-15H2,1-2H3. The maximum Gasteiger partial charge on any atom is 0.343 e. The van der Waals surface area contributed by atoms with Gasteiger partial charge in [0.25, 0.3) is 11.8 Å². The molecule has 0 aromatic heterocycles. The van der Waals surface area contributed by atoms with Crippen LogP contribution in [0.25, 0.3) is 0 Å². The number of esters is 1. The Morgan fingerprint density at radius 1 is 0.941 bits per heavy atom. The van der Waals surface area contributed by atoms with Crippen LogP contribution >= 0.6 is 11.6 Å². The van der Waals surface area contributed by atoms with Gasteiger partial charge in [-0.25, -0.2) is 4.79 Å². The Bertz CT molecular complexity index is 1280. The summed E-state index contributed by atoms with van der Waals surface area (Å²) in [6.07, 6.45) is 0.535. The third kappa shape index (κ3) is 5.02. The quantitative estimate of drug-likeness (QED) is 0.296. The highest BCUT2D eigenvalue weighted by atomic mass is 35.5. The van der Waals surface area contributed by atoms with E-state index in [4.69, 9.17) is 16.3 Å². The molecule has 1 aliphatic rings. The highest BCUT2D eigenvalue weighted by Crippen LogP contribution is 2.26. The Balaban J connectivity index is 1.40. The van der Waals surface area contributed by atoms with Gasteiger partial charge < -0.3 is 10.1 Å². The highest BCUT2D eigenvalue weighted by Gasteiger charge is 2.37. The van der Waals surface area contributed by atoms with Gasteiger partial charge in [0, 0.05) is 12.2 Å². The van der Waals surface area contributed by atoms with Crippen LogP contribution < -0.4 is 10.1 Å². The van der Waals surface area contributed by atoms with Crippen LogP contribution in [0.4, 0.5) is 5.69 Å². The van der Waals surface area contributed by atoms with E-state index in [9.17, 15) is 14.4 Å². The Kier molecular flexibility index (Phi) is 6.80. The first-order valence-corrected chi connectivity index (χ1v) is 11.2. The van der Waals surface area contributed by atoms with Gasteiger partial charge in [0.2, 0.25) is 0 Å². The van der Waals surface area contributed by atoms with Gasteiger partial charge >= 0.3 is 5.97 Å². The molecule has 0 saturated heterocycles. The molecule has 0 fully saturated rings. The average Bonchev–Trinajstić information content (AvgIpc) is 3.03. The minimum atomic E-state index is -0.529. The molecule has 4 rings (SSSR count). The normalized spacial score (nSPS) is 13.4. The van der Waals surface area contributed by atoms with E-state index in [0.29, 0.717) is 23.4 Å². The minimum Gasteiger partial charge on any atom is -0.423 e. The molecule has 34 heavy (non-hydrogen) atoms. The van der Waals surface area contributed by atoms with E-state index in [1.54, 1.807) is 30.3 Å². The van der Waals surface area contributed by atoms with Crippen LogP contribution in [0.15, 0.2) is 83.5 Å². The van der Waals surface area contributed by atoms with Gasteiger partial charge in [-0.3, -0.25) is 14.5 Å². The molecule has 0 atom stereocenters. The maximum absolute atomic E-state index is 12.8. The van der Waals surface area contributed by atoms with Crippen molar-refractivity contribution in [1.82, 2.24) is 4.90 Å². The van der Waals surface area contributed by atoms with Crippen molar-refractivity contribution in [2.75, 3.05) is 11.9 Å². The minimum absolute atomic E-state index is 0.0188. The van der Waals surface area contributed by atoms with Crippen molar-refractivity contribution in [3.63, 3.8) is 0 Å². The molecule has 0 spiro atoms. The van der Waals surface area contributed by atoms with Gasteiger partial charge in [-0.1, -0.05) is 59.6 Å². The molecule has 0 saturated carbocycles. The van der Waals surface area contributed by atoms with E-state index < -0.39 is 17.8 Å². The number of halogens is 1. The number of anilines is 1. The molecule has 6 nitrogen and oxygen atoms in total. The van der Waals surface area contributed by atoms with E-state index >= 15 is 0 Å². The van der Waals surface area contributed by atoms with Crippen molar-refractivity contribution in [3.05, 3.63) is 106 Å². The summed E-state index contributed by atoms with van der Waals surface area (Å²) in [5.74, 6) is -1.00. The lowest BCUT2D eigenvalue weighted by atomic mass is 10.1. The first kappa shape index (κ1) is 23.3. The summed E-state index contributed by atoms with van der Waals surface area (Å²) >= 11 is 6.18. The molecule has 7 heteroatoms. The molecule has 2 amide bonds. The summed E-state index contributed by atoms with van der Waals surface area (Å²) in [6, 6.07) is 21.6. The zero-order chi connectivity index (χ0) is 24.2. The van der Waals surface area contributed by atoms with Crippen LogP contribution in [-0.4, -0.2) is 29.2 Å². The molecule has 172 valence electrons. The first-order chi connectivity index (χ1) is 16.3. The van der Waals surface area contributed by atoms with Crippen LogP contribution in [0, 0.1) is 13.8 Å². The van der Waals surface area contributed by atoms with Crippen molar-refractivity contribution in [1.29, 1.82) is 0 Å². The SMILES string of the molecule is Cc1ccc(OC(=O)c2ccc(NC3=C(Cl)C(=O)N(CCc4ccccc4)C3=O)cc2)c(C)c1. The van der Waals surface area contributed by atoms with E-state index in [2.05, 4.69) is 5.32 Å². The lowest BCUT2D eigenvalue weighted by Crippen LogP contribution is -2.34. The van der Waals surface area contributed by atoms with Crippen LogP contribution in [0.5, 0.6) is 5.75 Å². The summed E-state index contributed by atoms with van der Waals surface area (Å²) < 4.78 is 5.49. The van der Waals surface area contributed by atoms with Gasteiger partial charge in [0.15, 0.2) is 0 Å². The van der Waals surface area contributed by atoms with Gasteiger partial charge in [0.05, 0.1) is 5.56 Å². The van der Waals surface area contributed by atoms with Crippen molar-refractivity contribution in [2.45, 2.75) is 20.3 Å². The Morgan fingerprint density at radius 2 is 1.65 bits per heavy atom. The summed E-state index contributed by atoms with van der Waals surface area (Å²) in [7, 11) is 0. The van der Waals surface area contributed by atoms with Crippen molar-refractivity contribution in [3.8, 4) is 5.75 Å². The van der Waals surface area contributed by atoms with E-state index in [1.807, 2.05) is 56.3 Å². The third-order valence-corrected chi connectivity index (χ3v) is 5.85. The van der Waals surface area contributed by atoms with Gasteiger partial charge in [-0.2, -0.15) is 0 Å². The number of benzene rings is 3. The monoisotopic (exact) mass is 474 g/mol. The van der Waals surface area contributed by atoms with E-state index in [-0.39, 0.29) is 17.3 Å². The number of ether oxygens (including phenoxy) is 1. The number of rotatable bonds is 7. The van der Waals surface area contributed by atoms with Gasteiger partial charge in [-0.05, 0) is 61.7 Å². The van der Waals surface area contributed by atoms with Crippen LogP contribution in [-0.2, 0) is 16.0 Å². The zero-order valence-electron chi connectivity index (χ0n) is 18.8. The fourth-order valence-corrected chi connectivity index (χ4v) is 3.88. The second-order valence-electron chi connectivity index (χ2n) is 8.05. The lowest BCUT2D eigenvalue weighted by molar-refractivity contribution is -0.137. The number of hydrogen-bond donors (Lipinski definition) is 1. The van der Waals surface area contributed by atoms with E-state index in [1.165, 1.54) is 0 Å². The lowest BCUT2D eigenvalue weighted by Gasteiger charge is -2.15. The molecule has 0 unspecified atom stereocenters. The molecule has 1 N–H and O–H groups in total. The third-order valence-electron chi connectivity index (χ3n) is 5.50. The summed E-state index contributed by atoms with van der Waals surface area (Å²) in [6.45, 7) is 4.08. The number of amides is 2. The molecular weight excluding hydrogens is 452 g/mol. The number of imide groups is 1. The van der Waals surface area contributed by atoms with Crippen LogP contribution in [0.1, 0.15) is 27.0 Å². The number of nitrogens with one attached hydrogen (secondary N) is 1. The van der Waals surface area contributed by atoms with Crippen molar-refractivity contribution >= 4 is 35.1 Å². The Hall–Kier alpha value is -3.90. The summed E-state index contributed by atoms with van der Waals surface area (Å²) in [5, 5.41) is 2.76. The fraction of sp³-hybridized carbons (Fsp3) is 0.148. The fourth-order valence-electron chi connectivity index (χ4n) is 3.65. The number of nitrogens with zero attached hydrogens (tertiary/aromatic N) is 1. The van der Waals surface area contributed by atoms with Crippen LogP contribution in [0.3, 0.4) is 0 Å². The molecule has 1 heterocycles. The van der Waals surface area contributed by atoms with Crippen molar-refractivity contribution in [2.24, 2.45) is 0 Å². The molecule has 3 aromatic carbocycles. The second kappa shape index (κ2) is 9.93. The predicted molar refractivity (Wildman–Crippen MR) is 131 cm³/mol. The van der Waals surface area contributed by atoms with Gasteiger partial charge in [-0.15, -0.1) is 0 Å². The number of aryl methyl sites for hydroxylation is 2. The molecule has 0 radical (unpaired) electrons. The highest BCUT2D eigenvalue weighted by molar-refractivity contribution is 6.48. The molecule has 3 aromatic rings. The molecule has 0 aliphatic carbocycles. The number of carbonyl (C=O) groups excluding carboxylic acids is 3. The zero-order valence-corrected chi connectivity index (χ0v) is 19.6. The summed E-state index contributed by atoms with van der Waals surface area (Å²) in [5.41, 5.74) is 3.86. The van der Waals surface area contributed by atoms with Crippen LogP contribution in [0.2, 0.25) is 0 Å². The average molecular weight is 475 g/mol. The second-order valence-corrected chi connectivity index (χ2v) is 8.43. The molecular formula is C27H23ClN2O4. The van der Waals surface area contributed by atoms with E-state index in [0.717, 1.165) is 21.6 Å². The number of carbonyl (C=O) groups is 3. The Labute approximate surface area is 202 Å². The predicted octanol–water partition coefficient (Wildman–Crippen LogP) is 5.00. The topological polar surface area (TPSA) is 75.7 Å². The largest absolute Gasteiger partial charge is 0.423 e.